The minimum absolute atomic E-state index is 0.666. The molecule has 5 nitrogen and oxygen atoms in total. The molecule has 2 aliphatic heterocycles. The zero-order valence-corrected chi connectivity index (χ0v) is 16.9. The van der Waals surface area contributed by atoms with Crippen molar-refractivity contribution in [3.05, 3.63) is 29.8 Å². The first-order chi connectivity index (χ1) is 12.6. The Bertz CT molecular complexity index is 517. The van der Waals surface area contributed by atoms with Crippen molar-refractivity contribution in [1.82, 2.24) is 19.6 Å². The van der Waals surface area contributed by atoms with Crippen molar-refractivity contribution in [2.24, 2.45) is 0 Å². The van der Waals surface area contributed by atoms with Gasteiger partial charge < -0.3 is 9.64 Å². The van der Waals surface area contributed by atoms with E-state index in [1.54, 1.807) is 0 Å². The van der Waals surface area contributed by atoms with E-state index in [9.17, 15) is 0 Å². The minimum Gasteiger partial charge on any atom is -0.492 e. The number of benzene rings is 1. The first-order valence-electron chi connectivity index (χ1n) is 10.2. The van der Waals surface area contributed by atoms with Gasteiger partial charge in [0.25, 0.3) is 0 Å². The zero-order chi connectivity index (χ0) is 18.4. The number of nitrogens with zero attached hydrogens (tertiary/aromatic N) is 4. The number of piperazine rings is 2. The lowest BCUT2D eigenvalue weighted by atomic mass is 10.2. The van der Waals surface area contributed by atoms with Gasteiger partial charge in [-0.05, 0) is 38.6 Å². The summed E-state index contributed by atoms with van der Waals surface area (Å²) in [6.45, 7) is 16.8. The van der Waals surface area contributed by atoms with Gasteiger partial charge in [-0.15, -0.1) is 0 Å². The number of rotatable bonds is 7. The number of hydrogen-bond donors (Lipinski definition) is 0. The molecule has 0 spiro atoms. The Morgan fingerprint density at radius 2 is 1.46 bits per heavy atom. The average molecular weight is 361 g/mol. The largest absolute Gasteiger partial charge is 0.492 e. The highest BCUT2D eigenvalue weighted by Crippen LogP contribution is 2.15. The SMILES string of the molecule is CC(C)N1CCN(Cc2ccc(OCCN3CCN(C)CC3)cc2)CC1. The Morgan fingerprint density at radius 1 is 0.846 bits per heavy atom. The predicted octanol–water partition coefficient (Wildman–Crippen LogP) is 1.84. The molecule has 0 unspecified atom stereocenters. The van der Waals surface area contributed by atoms with Gasteiger partial charge in [0.15, 0.2) is 0 Å². The second-order valence-electron chi connectivity index (χ2n) is 8.04. The van der Waals surface area contributed by atoms with Crippen LogP contribution in [0.1, 0.15) is 19.4 Å². The molecule has 3 rings (SSSR count). The van der Waals surface area contributed by atoms with Crippen LogP contribution in [-0.2, 0) is 6.54 Å². The van der Waals surface area contributed by atoms with E-state index in [4.69, 9.17) is 4.74 Å². The molecule has 146 valence electrons. The smallest absolute Gasteiger partial charge is 0.119 e. The number of hydrogen-bond acceptors (Lipinski definition) is 5. The fourth-order valence-corrected chi connectivity index (χ4v) is 3.75. The molecule has 5 heteroatoms. The quantitative estimate of drug-likeness (QED) is 0.738. The highest BCUT2D eigenvalue weighted by Gasteiger charge is 2.18. The predicted molar refractivity (Wildman–Crippen MR) is 108 cm³/mol. The summed E-state index contributed by atoms with van der Waals surface area (Å²) < 4.78 is 5.95. The van der Waals surface area contributed by atoms with Gasteiger partial charge in [0, 0.05) is 71.5 Å². The van der Waals surface area contributed by atoms with Crippen molar-refractivity contribution in [2.75, 3.05) is 72.6 Å². The van der Waals surface area contributed by atoms with Gasteiger partial charge in [-0.25, -0.2) is 0 Å². The first kappa shape index (κ1) is 19.6. The first-order valence-corrected chi connectivity index (χ1v) is 10.2. The van der Waals surface area contributed by atoms with Crippen LogP contribution in [0.3, 0.4) is 0 Å². The highest BCUT2D eigenvalue weighted by molar-refractivity contribution is 5.27. The van der Waals surface area contributed by atoms with Crippen LogP contribution < -0.4 is 4.74 Å². The molecule has 26 heavy (non-hydrogen) atoms. The van der Waals surface area contributed by atoms with Gasteiger partial charge >= 0.3 is 0 Å². The maximum atomic E-state index is 5.95. The van der Waals surface area contributed by atoms with Crippen LogP contribution in [-0.4, -0.2) is 98.2 Å². The second kappa shape index (κ2) is 9.70. The van der Waals surface area contributed by atoms with E-state index < -0.39 is 0 Å². The standard InChI is InChI=1S/C21H36N4O/c1-19(2)25-14-12-24(13-15-25)18-20-4-6-21(7-5-20)26-17-16-23-10-8-22(3)9-11-23/h4-7,19H,8-18H2,1-3H3. The van der Waals surface area contributed by atoms with Gasteiger partial charge in [0.2, 0.25) is 0 Å². The Hall–Kier alpha value is -1.14. The van der Waals surface area contributed by atoms with Gasteiger partial charge in [-0.1, -0.05) is 12.1 Å². The molecule has 2 heterocycles. The van der Waals surface area contributed by atoms with Crippen LogP contribution in [0.15, 0.2) is 24.3 Å². The minimum atomic E-state index is 0.666. The number of likely N-dealkylation sites (N-methyl/N-ethyl adjacent to an activating group) is 1. The van der Waals surface area contributed by atoms with E-state index in [1.807, 2.05) is 0 Å². The van der Waals surface area contributed by atoms with Crippen molar-refractivity contribution >= 4 is 0 Å². The molecule has 0 bridgehead atoms. The van der Waals surface area contributed by atoms with Gasteiger partial charge in [-0.3, -0.25) is 14.7 Å². The van der Waals surface area contributed by atoms with E-state index >= 15 is 0 Å². The van der Waals surface area contributed by atoms with E-state index in [0.717, 1.165) is 38.5 Å². The third-order valence-corrected chi connectivity index (χ3v) is 5.74. The van der Waals surface area contributed by atoms with Crippen molar-refractivity contribution in [2.45, 2.75) is 26.4 Å². The molecule has 2 saturated heterocycles. The summed E-state index contributed by atoms with van der Waals surface area (Å²) in [6, 6.07) is 9.37. The molecule has 1 aromatic rings. The Kier molecular flexibility index (Phi) is 7.32. The van der Waals surface area contributed by atoms with Crippen LogP contribution >= 0.6 is 0 Å². The molecular weight excluding hydrogens is 324 g/mol. The molecule has 0 amide bonds. The van der Waals surface area contributed by atoms with Crippen LogP contribution in [0.2, 0.25) is 0 Å². The summed E-state index contributed by atoms with van der Waals surface area (Å²) in [5.41, 5.74) is 1.38. The van der Waals surface area contributed by atoms with E-state index in [2.05, 4.69) is 64.8 Å². The van der Waals surface area contributed by atoms with Crippen molar-refractivity contribution in [3.8, 4) is 5.75 Å². The Morgan fingerprint density at radius 3 is 2.08 bits per heavy atom. The summed E-state index contributed by atoms with van der Waals surface area (Å²) >= 11 is 0. The van der Waals surface area contributed by atoms with Gasteiger partial charge in [0.05, 0.1) is 0 Å². The van der Waals surface area contributed by atoms with E-state index in [1.165, 1.54) is 44.8 Å². The average Bonchev–Trinajstić information content (AvgIpc) is 2.65. The summed E-state index contributed by atoms with van der Waals surface area (Å²) in [5, 5.41) is 0. The summed E-state index contributed by atoms with van der Waals surface area (Å²) in [4.78, 5) is 10.00. The van der Waals surface area contributed by atoms with Crippen molar-refractivity contribution < 1.29 is 4.74 Å². The van der Waals surface area contributed by atoms with Crippen LogP contribution in [0.25, 0.3) is 0 Å². The van der Waals surface area contributed by atoms with Crippen LogP contribution in [0.4, 0.5) is 0 Å². The second-order valence-corrected chi connectivity index (χ2v) is 8.04. The summed E-state index contributed by atoms with van der Waals surface area (Å²) in [7, 11) is 2.19. The molecular formula is C21H36N4O. The third-order valence-electron chi connectivity index (χ3n) is 5.74. The maximum absolute atomic E-state index is 5.95. The number of ether oxygens (including phenoxy) is 1. The lowest BCUT2D eigenvalue weighted by Crippen LogP contribution is -2.48. The molecule has 0 N–H and O–H groups in total. The topological polar surface area (TPSA) is 22.2 Å². The van der Waals surface area contributed by atoms with Gasteiger partial charge in [-0.2, -0.15) is 0 Å². The fraction of sp³-hybridized carbons (Fsp3) is 0.714. The lowest BCUT2D eigenvalue weighted by Gasteiger charge is -2.36. The molecule has 0 aromatic heterocycles. The van der Waals surface area contributed by atoms with Crippen LogP contribution in [0, 0.1) is 0 Å². The maximum Gasteiger partial charge on any atom is 0.119 e. The fourth-order valence-electron chi connectivity index (χ4n) is 3.75. The summed E-state index contributed by atoms with van der Waals surface area (Å²) in [6.07, 6.45) is 0. The van der Waals surface area contributed by atoms with E-state index in [0.29, 0.717) is 6.04 Å². The Labute approximate surface area is 159 Å². The molecule has 2 fully saturated rings. The van der Waals surface area contributed by atoms with Crippen molar-refractivity contribution in [3.63, 3.8) is 0 Å². The lowest BCUT2D eigenvalue weighted by molar-refractivity contribution is 0.104. The normalized spacial score (nSPS) is 21.4. The highest BCUT2D eigenvalue weighted by atomic mass is 16.5. The Balaban J connectivity index is 1.36. The molecule has 2 aliphatic rings. The molecule has 0 atom stereocenters. The third kappa shape index (κ3) is 5.95. The van der Waals surface area contributed by atoms with E-state index in [-0.39, 0.29) is 0 Å². The summed E-state index contributed by atoms with van der Waals surface area (Å²) in [5.74, 6) is 0.993. The molecule has 0 saturated carbocycles. The monoisotopic (exact) mass is 360 g/mol. The van der Waals surface area contributed by atoms with Gasteiger partial charge in [0.1, 0.15) is 12.4 Å². The zero-order valence-electron chi connectivity index (χ0n) is 16.9. The molecule has 0 radical (unpaired) electrons. The van der Waals surface area contributed by atoms with Crippen molar-refractivity contribution in [1.29, 1.82) is 0 Å². The molecule has 0 aliphatic carbocycles. The molecule has 1 aromatic carbocycles. The van der Waals surface area contributed by atoms with Crippen LogP contribution in [0.5, 0.6) is 5.75 Å².